The molecule has 1 aliphatic rings. The number of nitrogens with one attached hydrogen (secondary N) is 2. The van der Waals surface area contributed by atoms with E-state index < -0.39 is 0 Å². The Morgan fingerprint density at radius 1 is 1.28 bits per heavy atom. The lowest BCUT2D eigenvalue weighted by atomic mass is 9.97. The number of piperidine rings is 1. The van der Waals surface area contributed by atoms with Crippen molar-refractivity contribution in [2.24, 2.45) is 23.9 Å². The van der Waals surface area contributed by atoms with E-state index in [0.717, 1.165) is 37.1 Å². The molecule has 2 rings (SSSR count). The molecule has 0 radical (unpaired) electrons. The van der Waals surface area contributed by atoms with Gasteiger partial charge < -0.3 is 15.5 Å². The van der Waals surface area contributed by atoms with E-state index in [1.807, 2.05) is 11.7 Å². The number of aromatic nitrogens is 2. The molecule has 2 heterocycles. The van der Waals surface area contributed by atoms with Crippen LogP contribution in [0.15, 0.2) is 4.99 Å². The van der Waals surface area contributed by atoms with Gasteiger partial charge in [-0.05, 0) is 70.9 Å². The van der Waals surface area contributed by atoms with Crippen LogP contribution in [0.25, 0.3) is 0 Å². The maximum absolute atomic E-state index is 4.93. The first-order valence-electron chi connectivity index (χ1n) is 11.1. The van der Waals surface area contributed by atoms with E-state index in [2.05, 4.69) is 62.2 Å². The summed E-state index contributed by atoms with van der Waals surface area (Å²) in [6.07, 6.45) is 3.55. The molecule has 29 heavy (non-hydrogen) atoms. The Balaban J connectivity index is 0.00000420. The van der Waals surface area contributed by atoms with Crippen molar-refractivity contribution < 1.29 is 0 Å². The SMILES string of the molecule is CCNC(=NCC1CCCN(CC(C)C)C1)NC(C)Cc1c(C)nn(C)c1C.I. The van der Waals surface area contributed by atoms with Crippen LogP contribution in [0.5, 0.6) is 0 Å². The molecule has 0 amide bonds. The summed E-state index contributed by atoms with van der Waals surface area (Å²) in [6, 6.07) is 0.309. The van der Waals surface area contributed by atoms with Crippen molar-refractivity contribution in [2.45, 2.75) is 66.8 Å². The maximum Gasteiger partial charge on any atom is 0.191 e. The molecule has 2 N–H and O–H groups in total. The molecule has 1 saturated heterocycles. The molecule has 6 nitrogen and oxygen atoms in total. The van der Waals surface area contributed by atoms with E-state index in [1.165, 1.54) is 43.7 Å². The van der Waals surface area contributed by atoms with Crippen LogP contribution in [0.3, 0.4) is 0 Å². The van der Waals surface area contributed by atoms with Crippen LogP contribution in [-0.2, 0) is 13.5 Å². The van der Waals surface area contributed by atoms with Crippen LogP contribution in [0, 0.1) is 25.7 Å². The predicted octanol–water partition coefficient (Wildman–Crippen LogP) is 3.51. The van der Waals surface area contributed by atoms with Crippen LogP contribution in [0.1, 0.15) is 57.5 Å². The molecule has 2 atom stereocenters. The van der Waals surface area contributed by atoms with Crippen molar-refractivity contribution >= 4 is 29.9 Å². The van der Waals surface area contributed by atoms with Crippen molar-refractivity contribution in [1.29, 1.82) is 0 Å². The van der Waals surface area contributed by atoms with Gasteiger partial charge in [0.25, 0.3) is 0 Å². The van der Waals surface area contributed by atoms with Gasteiger partial charge in [-0.25, -0.2) is 0 Å². The molecule has 0 spiro atoms. The zero-order valence-electron chi connectivity index (χ0n) is 19.6. The highest BCUT2D eigenvalue weighted by Crippen LogP contribution is 2.18. The summed E-state index contributed by atoms with van der Waals surface area (Å²) in [5, 5.41) is 11.6. The van der Waals surface area contributed by atoms with Crippen molar-refractivity contribution in [3.8, 4) is 0 Å². The third kappa shape index (κ3) is 8.44. The van der Waals surface area contributed by atoms with Gasteiger partial charge in [0, 0.05) is 45.0 Å². The largest absolute Gasteiger partial charge is 0.357 e. The molecular weight excluding hydrogens is 475 g/mol. The Morgan fingerprint density at radius 3 is 2.59 bits per heavy atom. The lowest BCUT2D eigenvalue weighted by Gasteiger charge is -2.33. The van der Waals surface area contributed by atoms with Crippen LogP contribution < -0.4 is 10.6 Å². The Kier molecular flexibility index (Phi) is 11.5. The van der Waals surface area contributed by atoms with Crippen molar-refractivity contribution in [3.63, 3.8) is 0 Å². The molecule has 0 aromatic carbocycles. The summed E-state index contributed by atoms with van der Waals surface area (Å²) in [7, 11) is 2.02. The van der Waals surface area contributed by atoms with E-state index in [-0.39, 0.29) is 24.0 Å². The van der Waals surface area contributed by atoms with Crippen LogP contribution in [0.2, 0.25) is 0 Å². The number of aliphatic imine (C=N–C) groups is 1. The molecule has 0 aliphatic carbocycles. The van der Waals surface area contributed by atoms with Gasteiger partial charge in [-0.2, -0.15) is 5.10 Å². The lowest BCUT2D eigenvalue weighted by Crippen LogP contribution is -2.44. The summed E-state index contributed by atoms with van der Waals surface area (Å²) in [5.74, 6) is 2.35. The normalized spacial score (nSPS) is 19.2. The second-order valence-electron chi connectivity index (χ2n) is 8.90. The number of guanidine groups is 1. The van der Waals surface area contributed by atoms with Gasteiger partial charge in [0.05, 0.1) is 5.69 Å². The average Bonchev–Trinajstić information content (AvgIpc) is 2.86. The fourth-order valence-electron chi connectivity index (χ4n) is 4.23. The number of halogens is 1. The van der Waals surface area contributed by atoms with Gasteiger partial charge >= 0.3 is 0 Å². The second-order valence-corrected chi connectivity index (χ2v) is 8.90. The summed E-state index contributed by atoms with van der Waals surface area (Å²) in [5.41, 5.74) is 3.72. The highest BCUT2D eigenvalue weighted by Gasteiger charge is 2.20. The van der Waals surface area contributed by atoms with Crippen molar-refractivity contribution in [1.82, 2.24) is 25.3 Å². The molecule has 7 heteroatoms. The Morgan fingerprint density at radius 2 is 2.00 bits per heavy atom. The molecule has 168 valence electrons. The van der Waals surface area contributed by atoms with E-state index >= 15 is 0 Å². The second kappa shape index (κ2) is 12.8. The number of rotatable bonds is 8. The molecule has 1 aliphatic heterocycles. The van der Waals surface area contributed by atoms with E-state index in [9.17, 15) is 0 Å². The minimum Gasteiger partial charge on any atom is -0.357 e. The van der Waals surface area contributed by atoms with Crippen LogP contribution in [-0.4, -0.2) is 59.4 Å². The van der Waals surface area contributed by atoms with Gasteiger partial charge in [-0.1, -0.05) is 13.8 Å². The van der Waals surface area contributed by atoms with Crippen LogP contribution in [0.4, 0.5) is 0 Å². The highest BCUT2D eigenvalue weighted by atomic mass is 127. The number of hydrogen-bond acceptors (Lipinski definition) is 3. The summed E-state index contributed by atoms with van der Waals surface area (Å²) >= 11 is 0. The lowest BCUT2D eigenvalue weighted by molar-refractivity contribution is 0.162. The fourth-order valence-corrected chi connectivity index (χ4v) is 4.23. The maximum atomic E-state index is 4.93. The number of nitrogens with zero attached hydrogens (tertiary/aromatic N) is 4. The number of aryl methyl sites for hydroxylation is 2. The Bertz CT molecular complexity index is 639. The van der Waals surface area contributed by atoms with Gasteiger partial charge in [0.15, 0.2) is 5.96 Å². The summed E-state index contributed by atoms with van der Waals surface area (Å²) < 4.78 is 1.97. The zero-order chi connectivity index (χ0) is 20.7. The van der Waals surface area contributed by atoms with Gasteiger partial charge in [-0.3, -0.25) is 9.67 Å². The highest BCUT2D eigenvalue weighted by molar-refractivity contribution is 14.0. The smallest absolute Gasteiger partial charge is 0.191 e. The molecular formula is C22H43IN6. The first-order valence-corrected chi connectivity index (χ1v) is 11.1. The van der Waals surface area contributed by atoms with Crippen LogP contribution >= 0.6 is 24.0 Å². The van der Waals surface area contributed by atoms with E-state index in [4.69, 9.17) is 4.99 Å². The van der Waals surface area contributed by atoms with Crippen molar-refractivity contribution in [2.75, 3.05) is 32.7 Å². The van der Waals surface area contributed by atoms with E-state index in [0.29, 0.717) is 12.0 Å². The monoisotopic (exact) mass is 518 g/mol. The molecule has 0 saturated carbocycles. The summed E-state index contributed by atoms with van der Waals surface area (Å²) in [4.78, 5) is 7.55. The molecule has 0 bridgehead atoms. The quantitative estimate of drug-likeness (QED) is 0.314. The Hall–Kier alpha value is -0.830. The zero-order valence-corrected chi connectivity index (χ0v) is 21.9. The first-order chi connectivity index (χ1) is 13.3. The molecule has 1 aromatic rings. The van der Waals surface area contributed by atoms with Gasteiger partial charge in [-0.15, -0.1) is 24.0 Å². The topological polar surface area (TPSA) is 57.5 Å². The predicted molar refractivity (Wildman–Crippen MR) is 134 cm³/mol. The van der Waals surface area contributed by atoms with E-state index in [1.54, 1.807) is 0 Å². The standard InChI is InChI=1S/C22H42N6.HI/c1-8-23-22(24-13-20-10-9-11-28(15-20)14-16(2)3)25-17(4)12-21-18(5)26-27(7)19(21)6;/h16-17,20H,8-15H2,1-7H3,(H2,23,24,25);1H. The third-order valence-electron chi connectivity index (χ3n) is 5.63. The molecule has 1 fully saturated rings. The number of likely N-dealkylation sites (tertiary alicyclic amines) is 1. The summed E-state index contributed by atoms with van der Waals surface area (Å²) in [6.45, 7) is 18.6. The minimum atomic E-state index is 0. The Labute approximate surface area is 195 Å². The first kappa shape index (κ1) is 26.2. The van der Waals surface area contributed by atoms with Gasteiger partial charge in [0.2, 0.25) is 0 Å². The minimum absolute atomic E-state index is 0. The fraction of sp³-hybridized carbons (Fsp3) is 0.818. The van der Waals surface area contributed by atoms with Gasteiger partial charge in [0.1, 0.15) is 0 Å². The third-order valence-corrected chi connectivity index (χ3v) is 5.63. The average molecular weight is 519 g/mol. The number of hydrogen-bond donors (Lipinski definition) is 2. The molecule has 2 unspecified atom stereocenters. The molecule has 1 aromatic heterocycles. The van der Waals surface area contributed by atoms with Crippen molar-refractivity contribution in [3.05, 3.63) is 17.0 Å².